The van der Waals surface area contributed by atoms with Crippen molar-refractivity contribution in [1.82, 2.24) is 9.78 Å². The molecule has 7 heteroatoms. The molecule has 3 rings (SSSR count). The molecule has 0 aliphatic rings. The molecule has 0 bridgehead atoms. The molecule has 0 spiro atoms. The smallest absolute Gasteiger partial charge is 0.412 e. The number of anilines is 1. The summed E-state index contributed by atoms with van der Waals surface area (Å²) in [4.78, 5) is 24.1. The summed E-state index contributed by atoms with van der Waals surface area (Å²) in [7, 11) is 3.13. The summed E-state index contributed by atoms with van der Waals surface area (Å²) in [5.74, 6) is -0.408. The zero-order chi connectivity index (χ0) is 21.0. The second-order valence-corrected chi connectivity index (χ2v) is 6.58. The SMILES string of the molecule is COC(=O)c1ccc(-c2c(NC(=O)OC(C)c3ccccc3)c(C)nn2C)cc1. The lowest BCUT2D eigenvalue weighted by Crippen LogP contribution is -2.17. The summed E-state index contributed by atoms with van der Waals surface area (Å²) in [5, 5.41) is 7.22. The maximum absolute atomic E-state index is 12.5. The molecule has 0 aliphatic carbocycles. The summed E-state index contributed by atoms with van der Waals surface area (Å²) in [6, 6.07) is 16.4. The Morgan fingerprint density at radius 3 is 2.34 bits per heavy atom. The predicted molar refractivity (Wildman–Crippen MR) is 110 cm³/mol. The van der Waals surface area contributed by atoms with Crippen LogP contribution in [0, 0.1) is 6.92 Å². The number of carbonyl (C=O) groups excluding carboxylic acids is 2. The van der Waals surface area contributed by atoms with Gasteiger partial charge >= 0.3 is 12.1 Å². The van der Waals surface area contributed by atoms with Crippen molar-refractivity contribution in [3.63, 3.8) is 0 Å². The number of ether oxygens (including phenoxy) is 2. The lowest BCUT2D eigenvalue weighted by Gasteiger charge is -2.15. The van der Waals surface area contributed by atoms with E-state index in [9.17, 15) is 9.59 Å². The monoisotopic (exact) mass is 393 g/mol. The van der Waals surface area contributed by atoms with Gasteiger partial charge in [-0.15, -0.1) is 0 Å². The molecule has 0 saturated heterocycles. The maximum atomic E-state index is 12.5. The highest BCUT2D eigenvalue weighted by atomic mass is 16.6. The molecule has 1 aromatic heterocycles. The highest BCUT2D eigenvalue weighted by molar-refractivity contribution is 5.93. The van der Waals surface area contributed by atoms with E-state index in [0.717, 1.165) is 11.1 Å². The number of esters is 1. The number of hydrogen-bond acceptors (Lipinski definition) is 5. The molecule has 2 aromatic carbocycles. The van der Waals surface area contributed by atoms with Gasteiger partial charge in [0.05, 0.1) is 29.7 Å². The number of methoxy groups -OCH3 is 1. The third-order valence-corrected chi connectivity index (χ3v) is 4.58. The van der Waals surface area contributed by atoms with Crippen LogP contribution in [0.3, 0.4) is 0 Å². The molecule has 3 aromatic rings. The molecular weight excluding hydrogens is 370 g/mol. The Kier molecular flexibility index (Phi) is 5.97. The minimum absolute atomic E-state index is 0.393. The Morgan fingerprint density at radius 1 is 1.07 bits per heavy atom. The molecular formula is C22H23N3O4. The maximum Gasteiger partial charge on any atom is 0.412 e. The van der Waals surface area contributed by atoms with Crippen molar-refractivity contribution in [1.29, 1.82) is 0 Å². The molecule has 7 nitrogen and oxygen atoms in total. The Balaban J connectivity index is 1.82. The molecule has 0 fully saturated rings. The van der Waals surface area contributed by atoms with Crippen LogP contribution in [0.1, 0.15) is 34.6 Å². The molecule has 0 saturated carbocycles. The zero-order valence-electron chi connectivity index (χ0n) is 16.8. The van der Waals surface area contributed by atoms with E-state index in [1.165, 1.54) is 7.11 Å². The van der Waals surface area contributed by atoms with Crippen LogP contribution in [0.25, 0.3) is 11.3 Å². The number of aryl methyl sites for hydroxylation is 2. The summed E-state index contributed by atoms with van der Waals surface area (Å²) < 4.78 is 11.9. The van der Waals surface area contributed by atoms with Crippen molar-refractivity contribution in [3.8, 4) is 11.3 Å². The molecule has 1 heterocycles. The van der Waals surface area contributed by atoms with Crippen LogP contribution in [0.5, 0.6) is 0 Å². The molecule has 1 amide bonds. The topological polar surface area (TPSA) is 82.4 Å². The van der Waals surface area contributed by atoms with Gasteiger partial charge in [0.15, 0.2) is 0 Å². The van der Waals surface area contributed by atoms with Gasteiger partial charge in [-0.25, -0.2) is 9.59 Å². The van der Waals surface area contributed by atoms with E-state index in [-0.39, 0.29) is 0 Å². The normalized spacial score (nSPS) is 11.6. The van der Waals surface area contributed by atoms with Crippen molar-refractivity contribution in [2.24, 2.45) is 7.05 Å². The summed E-state index contributed by atoms with van der Waals surface area (Å²) in [6.07, 6.45) is -0.958. The Hall–Kier alpha value is -3.61. The zero-order valence-corrected chi connectivity index (χ0v) is 16.8. The Labute approximate surface area is 169 Å². The minimum atomic E-state index is -0.565. The second-order valence-electron chi connectivity index (χ2n) is 6.58. The van der Waals surface area contributed by atoms with Crippen LogP contribution in [-0.2, 0) is 16.5 Å². The van der Waals surface area contributed by atoms with Crippen molar-refractivity contribution in [2.45, 2.75) is 20.0 Å². The molecule has 0 radical (unpaired) electrons. The number of nitrogens with zero attached hydrogens (tertiary/aromatic N) is 2. The van der Waals surface area contributed by atoms with E-state index in [1.807, 2.05) is 44.2 Å². The number of carbonyl (C=O) groups is 2. The van der Waals surface area contributed by atoms with Crippen LogP contribution in [0.4, 0.5) is 10.5 Å². The third-order valence-electron chi connectivity index (χ3n) is 4.58. The van der Waals surface area contributed by atoms with Gasteiger partial charge in [0, 0.05) is 12.6 Å². The van der Waals surface area contributed by atoms with Crippen LogP contribution >= 0.6 is 0 Å². The second kappa shape index (κ2) is 8.60. The fourth-order valence-electron chi connectivity index (χ4n) is 3.11. The lowest BCUT2D eigenvalue weighted by molar-refractivity contribution is 0.0600. The molecule has 1 atom stereocenters. The predicted octanol–water partition coefficient (Wildman–Crippen LogP) is 4.49. The van der Waals surface area contributed by atoms with E-state index < -0.39 is 18.2 Å². The van der Waals surface area contributed by atoms with Crippen molar-refractivity contribution < 1.29 is 19.1 Å². The van der Waals surface area contributed by atoms with E-state index >= 15 is 0 Å². The Morgan fingerprint density at radius 2 is 1.72 bits per heavy atom. The van der Waals surface area contributed by atoms with Crippen molar-refractivity contribution in [3.05, 3.63) is 71.4 Å². The minimum Gasteiger partial charge on any atom is -0.465 e. The first kappa shape index (κ1) is 20.1. The summed E-state index contributed by atoms with van der Waals surface area (Å²) in [6.45, 7) is 3.63. The van der Waals surface area contributed by atoms with Gasteiger partial charge in [0.2, 0.25) is 0 Å². The number of nitrogens with one attached hydrogen (secondary N) is 1. The molecule has 1 N–H and O–H groups in total. The fraction of sp³-hybridized carbons (Fsp3) is 0.227. The number of aromatic nitrogens is 2. The van der Waals surface area contributed by atoms with Crippen molar-refractivity contribution >= 4 is 17.7 Å². The van der Waals surface area contributed by atoms with Gasteiger partial charge < -0.3 is 9.47 Å². The van der Waals surface area contributed by atoms with E-state index in [4.69, 9.17) is 9.47 Å². The van der Waals surface area contributed by atoms with Crippen LogP contribution in [0.2, 0.25) is 0 Å². The standard InChI is InChI=1S/C22H23N3O4/c1-14-19(23-22(27)29-15(2)16-8-6-5-7-9-16)20(25(3)24-14)17-10-12-18(13-11-17)21(26)28-4/h5-13,15H,1-4H3,(H,23,27). The van der Waals surface area contributed by atoms with Gasteiger partial charge in [-0.1, -0.05) is 42.5 Å². The summed E-state index contributed by atoms with van der Waals surface area (Å²) >= 11 is 0. The average molecular weight is 393 g/mol. The lowest BCUT2D eigenvalue weighted by atomic mass is 10.1. The van der Waals surface area contributed by atoms with Gasteiger partial charge in [-0.3, -0.25) is 10.00 Å². The average Bonchev–Trinajstić information content (AvgIpc) is 3.00. The highest BCUT2D eigenvalue weighted by Gasteiger charge is 2.20. The first-order valence-electron chi connectivity index (χ1n) is 9.15. The number of benzene rings is 2. The van der Waals surface area contributed by atoms with Crippen LogP contribution in [0.15, 0.2) is 54.6 Å². The number of hydrogen-bond donors (Lipinski definition) is 1. The molecule has 0 aliphatic heterocycles. The van der Waals surface area contributed by atoms with Gasteiger partial charge in [0.1, 0.15) is 6.10 Å². The van der Waals surface area contributed by atoms with Gasteiger partial charge in [-0.05, 0) is 31.5 Å². The van der Waals surface area contributed by atoms with Gasteiger partial charge in [0.25, 0.3) is 0 Å². The summed E-state index contributed by atoms with van der Waals surface area (Å²) in [5.41, 5.74) is 4.08. The largest absolute Gasteiger partial charge is 0.465 e. The van der Waals surface area contributed by atoms with Crippen LogP contribution in [-0.4, -0.2) is 29.0 Å². The molecule has 29 heavy (non-hydrogen) atoms. The number of rotatable bonds is 5. The van der Waals surface area contributed by atoms with E-state index in [1.54, 1.807) is 36.0 Å². The molecule has 150 valence electrons. The van der Waals surface area contributed by atoms with Gasteiger partial charge in [-0.2, -0.15) is 5.10 Å². The molecule has 1 unspecified atom stereocenters. The fourth-order valence-corrected chi connectivity index (χ4v) is 3.11. The Bertz CT molecular complexity index is 1010. The quantitative estimate of drug-likeness (QED) is 0.646. The third kappa shape index (κ3) is 4.45. The van der Waals surface area contributed by atoms with E-state index in [2.05, 4.69) is 10.4 Å². The first-order chi connectivity index (χ1) is 13.9. The van der Waals surface area contributed by atoms with Crippen molar-refractivity contribution in [2.75, 3.05) is 12.4 Å². The van der Waals surface area contributed by atoms with Crippen LogP contribution < -0.4 is 5.32 Å². The van der Waals surface area contributed by atoms with E-state index in [0.29, 0.717) is 22.6 Å². The highest BCUT2D eigenvalue weighted by Crippen LogP contribution is 2.31. The first-order valence-corrected chi connectivity index (χ1v) is 9.15. The number of amides is 1.